The predicted octanol–water partition coefficient (Wildman–Crippen LogP) is 4.15. The van der Waals surface area contributed by atoms with E-state index in [0.29, 0.717) is 6.61 Å². The Morgan fingerprint density at radius 2 is 1.68 bits per heavy atom. The molecule has 0 radical (unpaired) electrons. The molecule has 0 saturated carbocycles. The van der Waals surface area contributed by atoms with Crippen LogP contribution in [0.3, 0.4) is 0 Å². The number of esters is 1. The number of carbonyl (C=O) groups excluding carboxylic acids is 1. The molecule has 0 fully saturated rings. The van der Waals surface area contributed by atoms with E-state index in [-0.39, 0.29) is 17.8 Å². The van der Waals surface area contributed by atoms with Gasteiger partial charge in [0.25, 0.3) is 0 Å². The molecule has 0 N–H and O–H groups in total. The Morgan fingerprint density at radius 3 is 2.32 bits per heavy atom. The minimum absolute atomic E-state index is 0.0439. The maximum absolute atomic E-state index is 12.5. The van der Waals surface area contributed by atoms with Crippen molar-refractivity contribution in [3.63, 3.8) is 0 Å². The van der Waals surface area contributed by atoms with E-state index in [1.165, 1.54) is 0 Å². The number of hydrogen-bond acceptors (Lipinski definition) is 3. The van der Waals surface area contributed by atoms with Crippen molar-refractivity contribution in [2.45, 2.75) is 25.7 Å². The Hall–Kier alpha value is -2.29. The van der Waals surface area contributed by atoms with Gasteiger partial charge < -0.3 is 9.47 Å². The molecule has 3 nitrogen and oxygen atoms in total. The third-order valence-corrected chi connectivity index (χ3v) is 3.83. The number of hydrogen-bond donors (Lipinski definition) is 0. The van der Waals surface area contributed by atoms with E-state index in [4.69, 9.17) is 9.47 Å². The largest absolute Gasteiger partial charge is 0.496 e. The van der Waals surface area contributed by atoms with Crippen LogP contribution in [-0.4, -0.2) is 19.7 Å². The summed E-state index contributed by atoms with van der Waals surface area (Å²) in [6.07, 6.45) is 0. The smallest absolute Gasteiger partial charge is 0.314 e. The van der Waals surface area contributed by atoms with Gasteiger partial charge in [0, 0.05) is 5.92 Å². The summed E-state index contributed by atoms with van der Waals surface area (Å²) in [5, 5.41) is 0. The van der Waals surface area contributed by atoms with Gasteiger partial charge in [0.05, 0.1) is 19.6 Å². The van der Waals surface area contributed by atoms with Crippen molar-refractivity contribution < 1.29 is 14.3 Å². The molecule has 0 heterocycles. The van der Waals surface area contributed by atoms with Crippen LogP contribution in [0.4, 0.5) is 0 Å². The third kappa shape index (κ3) is 3.48. The number of para-hydroxylation sites is 1. The Morgan fingerprint density at radius 1 is 1.05 bits per heavy atom. The fourth-order valence-corrected chi connectivity index (χ4v) is 2.74. The molecule has 116 valence electrons. The minimum atomic E-state index is -0.350. The van der Waals surface area contributed by atoms with Gasteiger partial charge in [0.2, 0.25) is 0 Å². The van der Waals surface area contributed by atoms with Crippen LogP contribution >= 0.6 is 0 Å². The normalized spacial score (nSPS) is 13.2. The number of rotatable bonds is 6. The van der Waals surface area contributed by atoms with E-state index in [1.54, 1.807) is 7.11 Å². The first-order chi connectivity index (χ1) is 10.7. The summed E-state index contributed by atoms with van der Waals surface area (Å²) in [5.41, 5.74) is 1.96. The highest BCUT2D eigenvalue weighted by molar-refractivity contribution is 5.79. The van der Waals surface area contributed by atoms with Crippen molar-refractivity contribution in [1.82, 2.24) is 0 Å². The summed E-state index contributed by atoms with van der Waals surface area (Å²) >= 11 is 0. The average molecular weight is 298 g/mol. The lowest BCUT2D eigenvalue weighted by Gasteiger charge is -2.24. The van der Waals surface area contributed by atoms with E-state index in [2.05, 4.69) is 0 Å². The molecule has 2 aromatic rings. The molecule has 0 amide bonds. The Labute approximate surface area is 131 Å². The van der Waals surface area contributed by atoms with Crippen LogP contribution in [0.5, 0.6) is 5.75 Å². The van der Waals surface area contributed by atoms with Crippen LogP contribution in [0, 0.1) is 0 Å². The van der Waals surface area contributed by atoms with Crippen LogP contribution in [0.25, 0.3) is 0 Å². The molecule has 0 aliphatic rings. The highest BCUT2D eigenvalue weighted by atomic mass is 16.5. The molecule has 2 rings (SSSR count). The summed E-state index contributed by atoms with van der Waals surface area (Å²) in [6.45, 7) is 4.24. The molecule has 2 unspecified atom stereocenters. The molecule has 0 spiro atoms. The van der Waals surface area contributed by atoms with Gasteiger partial charge >= 0.3 is 5.97 Å². The molecular weight excluding hydrogens is 276 g/mol. The van der Waals surface area contributed by atoms with Gasteiger partial charge in [-0.1, -0.05) is 55.5 Å². The summed E-state index contributed by atoms with van der Waals surface area (Å²) in [6, 6.07) is 17.6. The van der Waals surface area contributed by atoms with Crippen molar-refractivity contribution in [2.75, 3.05) is 13.7 Å². The van der Waals surface area contributed by atoms with Gasteiger partial charge in [0.1, 0.15) is 5.75 Å². The van der Waals surface area contributed by atoms with Crippen molar-refractivity contribution in [3.8, 4) is 5.75 Å². The first-order valence-corrected chi connectivity index (χ1v) is 7.53. The molecule has 2 atom stereocenters. The molecule has 22 heavy (non-hydrogen) atoms. The highest BCUT2D eigenvalue weighted by Gasteiger charge is 2.30. The minimum Gasteiger partial charge on any atom is -0.496 e. The summed E-state index contributed by atoms with van der Waals surface area (Å²) in [7, 11) is 1.65. The fourth-order valence-electron chi connectivity index (χ4n) is 2.74. The lowest BCUT2D eigenvalue weighted by atomic mass is 9.82. The number of ether oxygens (including phenoxy) is 2. The molecule has 0 aliphatic carbocycles. The van der Waals surface area contributed by atoms with E-state index < -0.39 is 0 Å². The van der Waals surface area contributed by atoms with Crippen LogP contribution in [0.1, 0.15) is 36.8 Å². The average Bonchev–Trinajstić information content (AvgIpc) is 2.56. The lowest BCUT2D eigenvalue weighted by Crippen LogP contribution is -2.21. The van der Waals surface area contributed by atoms with Crippen molar-refractivity contribution in [1.29, 1.82) is 0 Å². The van der Waals surface area contributed by atoms with Gasteiger partial charge in [-0.2, -0.15) is 0 Å². The predicted molar refractivity (Wildman–Crippen MR) is 87.2 cm³/mol. The summed E-state index contributed by atoms with van der Waals surface area (Å²) in [4.78, 5) is 12.5. The van der Waals surface area contributed by atoms with Gasteiger partial charge in [-0.25, -0.2) is 0 Å². The quantitative estimate of drug-likeness (QED) is 0.752. The zero-order valence-electron chi connectivity index (χ0n) is 13.3. The van der Waals surface area contributed by atoms with Crippen molar-refractivity contribution >= 4 is 5.97 Å². The van der Waals surface area contributed by atoms with Crippen LogP contribution in [0.15, 0.2) is 54.6 Å². The number of methoxy groups -OCH3 is 1. The number of benzene rings is 2. The lowest BCUT2D eigenvalue weighted by molar-refractivity contribution is -0.145. The highest BCUT2D eigenvalue weighted by Crippen LogP contribution is 2.37. The van der Waals surface area contributed by atoms with Crippen LogP contribution < -0.4 is 4.74 Å². The number of carbonyl (C=O) groups is 1. The Balaban J connectivity index is 2.42. The van der Waals surface area contributed by atoms with Crippen molar-refractivity contribution in [2.24, 2.45) is 0 Å². The van der Waals surface area contributed by atoms with Gasteiger partial charge in [0.15, 0.2) is 0 Å². The first kappa shape index (κ1) is 16.1. The van der Waals surface area contributed by atoms with E-state index in [9.17, 15) is 4.79 Å². The zero-order chi connectivity index (χ0) is 15.9. The maximum Gasteiger partial charge on any atom is 0.314 e. The topological polar surface area (TPSA) is 35.5 Å². The molecule has 2 aromatic carbocycles. The second kappa shape index (κ2) is 7.64. The third-order valence-electron chi connectivity index (χ3n) is 3.83. The van der Waals surface area contributed by atoms with Gasteiger partial charge in [-0.05, 0) is 24.1 Å². The zero-order valence-corrected chi connectivity index (χ0v) is 13.3. The standard InChI is InChI=1S/C19H22O3/c1-4-22-19(20)18(15-10-6-5-7-11-15)14(2)16-12-8-9-13-17(16)21-3/h5-14,18H,4H2,1-3H3. The monoisotopic (exact) mass is 298 g/mol. The SMILES string of the molecule is CCOC(=O)C(c1ccccc1)C(C)c1ccccc1OC. The van der Waals surface area contributed by atoms with E-state index >= 15 is 0 Å². The second-order valence-electron chi connectivity index (χ2n) is 5.17. The molecule has 0 bridgehead atoms. The Bertz CT molecular complexity index is 607. The van der Waals surface area contributed by atoms with E-state index in [0.717, 1.165) is 16.9 Å². The molecule has 0 saturated heterocycles. The maximum atomic E-state index is 12.5. The summed E-state index contributed by atoms with van der Waals surface area (Å²) < 4.78 is 10.7. The summed E-state index contributed by atoms with van der Waals surface area (Å²) in [5.74, 6) is 0.197. The molecule has 0 aromatic heterocycles. The van der Waals surface area contributed by atoms with Crippen LogP contribution in [-0.2, 0) is 9.53 Å². The molecular formula is C19H22O3. The molecule has 0 aliphatic heterocycles. The molecule has 3 heteroatoms. The first-order valence-electron chi connectivity index (χ1n) is 7.53. The fraction of sp³-hybridized carbons (Fsp3) is 0.316. The van der Waals surface area contributed by atoms with Crippen LogP contribution in [0.2, 0.25) is 0 Å². The van der Waals surface area contributed by atoms with Gasteiger partial charge in [-0.3, -0.25) is 4.79 Å². The van der Waals surface area contributed by atoms with Crippen molar-refractivity contribution in [3.05, 3.63) is 65.7 Å². The second-order valence-corrected chi connectivity index (χ2v) is 5.17. The Kier molecular flexibility index (Phi) is 5.59. The van der Waals surface area contributed by atoms with Gasteiger partial charge in [-0.15, -0.1) is 0 Å². The van der Waals surface area contributed by atoms with E-state index in [1.807, 2.05) is 68.4 Å².